The van der Waals surface area contributed by atoms with Crippen molar-refractivity contribution in [1.29, 1.82) is 0 Å². The molecule has 0 radical (unpaired) electrons. The summed E-state index contributed by atoms with van der Waals surface area (Å²) in [5, 5.41) is 3.51. The Morgan fingerprint density at radius 2 is 1.97 bits per heavy atom. The van der Waals surface area contributed by atoms with E-state index in [0.717, 1.165) is 4.47 Å². The molecule has 4 aromatic rings. The zero-order valence-corrected chi connectivity index (χ0v) is 17.9. The van der Waals surface area contributed by atoms with Crippen LogP contribution in [0.3, 0.4) is 0 Å². The van der Waals surface area contributed by atoms with Crippen molar-refractivity contribution in [2.75, 3.05) is 5.32 Å². The number of anilines is 1. The van der Waals surface area contributed by atoms with Crippen molar-refractivity contribution in [2.24, 2.45) is 0 Å². The number of carbonyl (C=O) groups is 1. The van der Waals surface area contributed by atoms with Crippen molar-refractivity contribution < 1.29 is 4.79 Å². The van der Waals surface area contributed by atoms with Crippen molar-refractivity contribution in [2.45, 2.75) is 26.4 Å². The largest absolute Gasteiger partial charge is 0.332 e. The highest BCUT2D eigenvalue weighted by Gasteiger charge is 2.20. The van der Waals surface area contributed by atoms with E-state index in [4.69, 9.17) is 0 Å². The fourth-order valence-corrected chi connectivity index (χ4v) is 4.73. The number of nitrogens with one attached hydrogen (secondary N) is 1. The van der Waals surface area contributed by atoms with Crippen molar-refractivity contribution >= 4 is 59.3 Å². The van der Waals surface area contributed by atoms with Crippen LogP contribution in [-0.4, -0.2) is 20.0 Å². The number of nitrogens with zero attached hydrogens (tertiary/aromatic N) is 3. The summed E-state index contributed by atoms with van der Waals surface area (Å²) in [7, 11) is 0. The topological polar surface area (TPSA) is 86.0 Å². The van der Waals surface area contributed by atoms with Crippen LogP contribution >= 0.6 is 27.3 Å². The first-order valence-corrected chi connectivity index (χ1v) is 10.7. The lowest BCUT2D eigenvalue weighted by molar-refractivity contribution is -0.116. The molecular formula is C20H17BrN4O3S. The van der Waals surface area contributed by atoms with E-state index in [2.05, 4.69) is 26.2 Å². The number of thiophene rings is 1. The van der Waals surface area contributed by atoms with Crippen LogP contribution in [0, 0.1) is 0 Å². The van der Waals surface area contributed by atoms with E-state index in [1.54, 1.807) is 18.3 Å². The molecule has 1 N–H and O–H groups in total. The Morgan fingerprint density at radius 1 is 1.17 bits per heavy atom. The first-order valence-electron chi connectivity index (χ1n) is 9.06. The number of pyridine rings is 1. The van der Waals surface area contributed by atoms with Crippen LogP contribution in [0.4, 0.5) is 5.69 Å². The number of hydrogen-bond donors (Lipinski definition) is 1. The average Bonchev–Trinajstić information content (AvgIpc) is 3.10. The van der Waals surface area contributed by atoms with Crippen LogP contribution in [0.5, 0.6) is 0 Å². The van der Waals surface area contributed by atoms with Crippen molar-refractivity contribution in [3.63, 3.8) is 0 Å². The molecule has 0 aliphatic rings. The second-order valence-electron chi connectivity index (χ2n) is 6.49. The van der Waals surface area contributed by atoms with Gasteiger partial charge in [-0.1, -0.05) is 19.1 Å². The van der Waals surface area contributed by atoms with Crippen molar-refractivity contribution in [3.8, 4) is 0 Å². The summed E-state index contributed by atoms with van der Waals surface area (Å²) in [4.78, 5) is 43.7. The molecule has 9 heteroatoms. The first kappa shape index (κ1) is 19.5. The van der Waals surface area contributed by atoms with E-state index in [1.807, 2.05) is 31.2 Å². The number of carbonyl (C=O) groups excluding carboxylic acids is 1. The number of benzene rings is 1. The predicted molar refractivity (Wildman–Crippen MR) is 119 cm³/mol. The highest BCUT2D eigenvalue weighted by atomic mass is 79.9. The normalized spacial score (nSPS) is 11.2. The summed E-state index contributed by atoms with van der Waals surface area (Å²) in [6.07, 6.45) is 2.28. The van der Waals surface area contributed by atoms with Gasteiger partial charge in [-0.15, -0.1) is 11.3 Å². The summed E-state index contributed by atoms with van der Waals surface area (Å²) in [6, 6.07) is 10.8. The predicted octanol–water partition coefficient (Wildman–Crippen LogP) is 3.58. The fourth-order valence-electron chi connectivity index (χ4n) is 3.25. The third kappa shape index (κ3) is 3.51. The summed E-state index contributed by atoms with van der Waals surface area (Å²) in [5.41, 5.74) is 0.246. The molecule has 1 amide bonds. The monoisotopic (exact) mass is 472 g/mol. The smallest absolute Gasteiger partial charge is 0.324 e. The molecule has 3 aromatic heterocycles. The van der Waals surface area contributed by atoms with Gasteiger partial charge in [0.2, 0.25) is 5.91 Å². The molecule has 148 valence electrons. The van der Waals surface area contributed by atoms with Crippen LogP contribution in [0.25, 0.3) is 20.4 Å². The molecule has 0 saturated carbocycles. The number of aromatic nitrogens is 3. The highest BCUT2D eigenvalue weighted by molar-refractivity contribution is 9.10. The third-order valence-corrected chi connectivity index (χ3v) is 6.29. The van der Waals surface area contributed by atoms with Crippen LogP contribution in [0.2, 0.25) is 0 Å². The minimum Gasteiger partial charge on any atom is -0.324 e. The van der Waals surface area contributed by atoms with Gasteiger partial charge in [0.25, 0.3) is 5.56 Å². The molecule has 0 saturated heterocycles. The lowest BCUT2D eigenvalue weighted by atomic mass is 10.3. The molecule has 0 unspecified atom stereocenters. The quantitative estimate of drug-likeness (QED) is 0.480. The molecule has 0 bridgehead atoms. The molecule has 0 aliphatic carbocycles. The number of fused-ring (bicyclic) bond motifs is 3. The molecule has 0 fully saturated rings. The van der Waals surface area contributed by atoms with E-state index in [0.29, 0.717) is 39.1 Å². The Morgan fingerprint density at radius 3 is 2.72 bits per heavy atom. The van der Waals surface area contributed by atoms with Gasteiger partial charge in [0.15, 0.2) is 0 Å². The standard InChI is InChI=1S/C20H17BrN4O3S/c1-2-10-24-19(27)17-16(12-6-5-9-22-18(12)29-17)25(20(24)28)11-15(26)23-14-8-4-3-7-13(14)21/h3-9H,2,10-11H2,1H3,(H,23,26). The summed E-state index contributed by atoms with van der Waals surface area (Å²) < 4.78 is 3.75. The minimum absolute atomic E-state index is 0.207. The maximum Gasteiger partial charge on any atom is 0.332 e. The van der Waals surface area contributed by atoms with Crippen LogP contribution in [0.1, 0.15) is 13.3 Å². The molecule has 1 aromatic carbocycles. The number of halogens is 1. The maximum atomic E-state index is 13.1. The maximum absolute atomic E-state index is 13.1. The third-order valence-electron chi connectivity index (χ3n) is 4.51. The van der Waals surface area contributed by atoms with Gasteiger partial charge in [-0.25, -0.2) is 9.78 Å². The van der Waals surface area contributed by atoms with Crippen LogP contribution in [-0.2, 0) is 17.9 Å². The number of amides is 1. The second kappa shape index (κ2) is 7.92. The SMILES string of the molecule is CCCn1c(=O)c2sc3ncccc3c2n(CC(=O)Nc2ccccc2Br)c1=O. The van der Waals surface area contributed by atoms with Crippen molar-refractivity contribution in [3.05, 3.63) is 67.9 Å². The number of hydrogen-bond acceptors (Lipinski definition) is 5. The molecular weight excluding hydrogens is 456 g/mol. The zero-order valence-electron chi connectivity index (χ0n) is 15.5. The van der Waals surface area contributed by atoms with Gasteiger partial charge in [-0.2, -0.15) is 0 Å². The lowest BCUT2D eigenvalue weighted by Gasteiger charge is -2.13. The Kier molecular flexibility index (Phi) is 5.33. The summed E-state index contributed by atoms with van der Waals surface area (Å²) >= 11 is 4.64. The van der Waals surface area contributed by atoms with E-state index in [-0.39, 0.29) is 18.0 Å². The van der Waals surface area contributed by atoms with E-state index < -0.39 is 5.69 Å². The number of para-hydroxylation sites is 1. The Hall–Kier alpha value is -2.78. The molecule has 29 heavy (non-hydrogen) atoms. The Labute approximate surface area is 177 Å². The van der Waals surface area contributed by atoms with Gasteiger partial charge in [-0.05, 0) is 46.6 Å². The van der Waals surface area contributed by atoms with Gasteiger partial charge in [0.1, 0.15) is 16.1 Å². The van der Waals surface area contributed by atoms with Crippen molar-refractivity contribution in [1.82, 2.24) is 14.1 Å². The van der Waals surface area contributed by atoms with Gasteiger partial charge in [-0.3, -0.25) is 18.7 Å². The number of rotatable bonds is 5. The van der Waals surface area contributed by atoms with Crippen LogP contribution < -0.4 is 16.6 Å². The van der Waals surface area contributed by atoms with E-state index in [1.165, 1.54) is 20.5 Å². The zero-order chi connectivity index (χ0) is 20.5. The molecule has 0 spiro atoms. The first-order chi connectivity index (χ1) is 14.0. The highest BCUT2D eigenvalue weighted by Crippen LogP contribution is 2.29. The molecule has 4 rings (SSSR count). The lowest BCUT2D eigenvalue weighted by Crippen LogP contribution is -2.41. The Bertz CT molecular complexity index is 1360. The molecule has 3 heterocycles. The second-order valence-corrected chi connectivity index (χ2v) is 8.34. The Balaban J connectivity index is 1.88. The van der Waals surface area contributed by atoms with Gasteiger partial charge >= 0.3 is 5.69 Å². The van der Waals surface area contributed by atoms with E-state index >= 15 is 0 Å². The molecule has 0 aliphatic heterocycles. The van der Waals surface area contributed by atoms with E-state index in [9.17, 15) is 14.4 Å². The fraction of sp³-hybridized carbons (Fsp3) is 0.200. The van der Waals surface area contributed by atoms with Gasteiger partial charge < -0.3 is 5.32 Å². The summed E-state index contributed by atoms with van der Waals surface area (Å²) in [5.74, 6) is -0.356. The van der Waals surface area contributed by atoms with Gasteiger partial charge in [0, 0.05) is 22.6 Å². The summed E-state index contributed by atoms with van der Waals surface area (Å²) in [6.45, 7) is 1.98. The average molecular weight is 473 g/mol. The molecule has 0 atom stereocenters. The van der Waals surface area contributed by atoms with Gasteiger partial charge in [0.05, 0.1) is 11.2 Å². The minimum atomic E-state index is -0.491. The molecule has 7 nitrogen and oxygen atoms in total. The van der Waals surface area contributed by atoms with Crippen LogP contribution in [0.15, 0.2) is 56.7 Å².